The summed E-state index contributed by atoms with van der Waals surface area (Å²) >= 11 is 0. The van der Waals surface area contributed by atoms with E-state index in [4.69, 9.17) is 0 Å². The molecule has 5 aliphatic rings. The molecule has 0 heteroatoms. The average molecular weight is 262 g/mol. The highest BCUT2D eigenvalue weighted by molar-refractivity contribution is 4.95. The Morgan fingerprint density at radius 2 is 1.11 bits per heavy atom. The van der Waals surface area contributed by atoms with Crippen LogP contribution in [0.4, 0.5) is 0 Å². The van der Waals surface area contributed by atoms with Crippen LogP contribution in [0.1, 0.15) is 72.6 Å². The zero-order valence-electron chi connectivity index (χ0n) is 13.6. The molecule has 0 amide bonds. The van der Waals surface area contributed by atoms with Gasteiger partial charge in [-0.15, -0.1) is 0 Å². The van der Waals surface area contributed by atoms with Gasteiger partial charge in [-0.2, -0.15) is 0 Å². The summed E-state index contributed by atoms with van der Waals surface area (Å²) in [5, 5.41) is 0. The Morgan fingerprint density at radius 3 is 1.37 bits per heavy atom. The van der Waals surface area contributed by atoms with Gasteiger partial charge in [0.2, 0.25) is 0 Å². The third-order valence-electron chi connectivity index (χ3n) is 6.99. The van der Waals surface area contributed by atoms with Crippen molar-refractivity contribution >= 4 is 0 Å². The van der Waals surface area contributed by atoms with E-state index in [0.29, 0.717) is 0 Å². The van der Waals surface area contributed by atoms with Gasteiger partial charge in [-0.25, -0.2) is 0 Å². The SMILES string of the molecule is CC(C)C1CC2CC1C2.CC(C)C1CC2CCC1C2. The fourth-order valence-corrected chi connectivity index (χ4v) is 5.83. The Bertz CT molecular complexity index is 297. The third-order valence-corrected chi connectivity index (χ3v) is 6.99. The molecule has 0 N–H and O–H groups in total. The summed E-state index contributed by atoms with van der Waals surface area (Å²) in [5.74, 6) is 8.69. The topological polar surface area (TPSA) is 0 Å². The Labute approximate surface area is 120 Å². The molecular weight excluding hydrogens is 228 g/mol. The molecule has 4 atom stereocenters. The molecule has 0 aromatic heterocycles. The molecule has 0 radical (unpaired) electrons. The highest BCUT2D eigenvalue weighted by Crippen LogP contribution is 2.54. The molecule has 110 valence electrons. The predicted molar refractivity (Wildman–Crippen MR) is 82.9 cm³/mol. The maximum atomic E-state index is 2.39. The van der Waals surface area contributed by atoms with Crippen LogP contribution >= 0.6 is 0 Å². The van der Waals surface area contributed by atoms with E-state index in [0.717, 1.165) is 47.3 Å². The summed E-state index contributed by atoms with van der Waals surface area (Å²) in [6.45, 7) is 9.55. The van der Waals surface area contributed by atoms with E-state index >= 15 is 0 Å². The van der Waals surface area contributed by atoms with Gasteiger partial charge in [0.05, 0.1) is 0 Å². The first-order valence-electron chi connectivity index (χ1n) is 9.04. The van der Waals surface area contributed by atoms with Gasteiger partial charge in [0.25, 0.3) is 0 Å². The lowest BCUT2D eigenvalue weighted by molar-refractivity contribution is 0.245. The predicted octanol–water partition coefficient (Wildman–Crippen LogP) is 5.77. The molecule has 4 bridgehead atoms. The Hall–Kier alpha value is 0. The molecule has 0 aliphatic heterocycles. The van der Waals surface area contributed by atoms with Crippen molar-refractivity contribution in [3.05, 3.63) is 0 Å². The zero-order chi connectivity index (χ0) is 13.6. The summed E-state index contributed by atoms with van der Waals surface area (Å²) in [7, 11) is 0. The fraction of sp³-hybridized carbons (Fsp3) is 1.00. The van der Waals surface area contributed by atoms with Gasteiger partial charge in [-0.05, 0) is 85.9 Å². The second-order valence-electron chi connectivity index (χ2n) is 8.82. The number of rotatable bonds is 2. The quantitative estimate of drug-likeness (QED) is 0.593. The second-order valence-corrected chi connectivity index (χ2v) is 8.82. The van der Waals surface area contributed by atoms with Gasteiger partial charge in [0.15, 0.2) is 0 Å². The molecule has 5 fully saturated rings. The fourth-order valence-electron chi connectivity index (χ4n) is 5.83. The third kappa shape index (κ3) is 2.74. The van der Waals surface area contributed by atoms with Crippen LogP contribution in [-0.4, -0.2) is 0 Å². The summed E-state index contributed by atoms with van der Waals surface area (Å²) < 4.78 is 0. The van der Waals surface area contributed by atoms with E-state index in [1.54, 1.807) is 44.9 Å². The number of hydrogen-bond acceptors (Lipinski definition) is 0. The van der Waals surface area contributed by atoms with E-state index < -0.39 is 0 Å². The van der Waals surface area contributed by atoms with Crippen molar-refractivity contribution in [2.24, 2.45) is 47.3 Å². The summed E-state index contributed by atoms with van der Waals surface area (Å²) in [6, 6.07) is 0. The highest BCUT2D eigenvalue weighted by Gasteiger charge is 2.44. The minimum Gasteiger partial charge on any atom is -0.0625 e. The van der Waals surface area contributed by atoms with Crippen LogP contribution < -0.4 is 0 Å². The van der Waals surface area contributed by atoms with Gasteiger partial charge >= 0.3 is 0 Å². The smallest absolute Gasteiger partial charge is 0.0360 e. The normalized spacial score (nSPS) is 46.4. The standard InChI is InChI=1S/C10H18.C9H16/c1-7(2)10-6-8-3-4-9(10)5-8;1-6(2)9-5-7-3-8(9)4-7/h7-10H,3-6H2,1-2H3;6-9H,3-5H2,1-2H3. The van der Waals surface area contributed by atoms with Crippen molar-refractivity contribution in [1.82, 2.24) is 0 Å². The van der Waals surface area contributed by atoms with Gasteiger partial charge in [0, 0.05) is 0 Å². The Kier molecular flexibility index (Phi) is 3.98. The van der Waals surface area contributed by atoms with Crippen molar-refractivity contribution in [1.29, 1.82) is 0 Å². The molecule has 19 heavy (non-hydrogen) atoms. The van der Waals surface area contributed by atoms with Crippen LogP contribution in [0.2, 0.25) is 0 Å². The lowest BCUT2D eigenvalue weighted by atomic mass is 9.80. The van der Waals surface area contributed by atoms with Gasteiger partial charge < -0.3 is 0 Å². The van der Waals surface area contributed by atoms with Crippen LogP contribution in [0.15, 0.2) is 0 Å². The van der Waals surface area contributed by atoms with E-state index in [1.807, 2.05) is 0 Å². The van der Waals surface area contributed by atoms with Gasteiger partial charge in [-0.3, -0.25) is 0 Å². The first-order chi connectivity index (χ1) is 9.04. The van der Waals surface area contributed by atoms with Crippen LogP contribution in [0.3, 0.4) is 0 Å². The molecule has 5 saturated carbocycles. The van der Waals surface area contributed by atoms with Crippen LogP contribution in [-0.2, 0) is 0 Å². The molecule has 4 unspecified atom stereocenters. The molecule has 0 spiro atoms. The van der Waals surface area contributed by atoms with Crippen molar-refractivity contribution in [2.75, 3.05) is 0 Å². The van der Waals surface area contributed by atoms with Crippen LogP contribution in [0.25, 0.3) is 0 Å². The van der Waals surface area contributed by atoms with Crippen LogP contribution in [0.5, 0.6) is 0 Å². The molecule has 5 rings (SSSR count). The number of fused-ring (bicyclic) bond motifs is 3. The van der Waals surface area contributed by atoms with Crippen molar-refractivity contribution in [3.8, 4) is 0 Å². The summed E-state index contributed by atoms with van der Waals surface area (Å²) in [5.41, 5.74) is 0. The largest absolute Gasteiger partial charge is 0.0625 e. The Morgan fingerprint density at radius 1 is 0.579 bits per heavy atom. The molecule has 0 aromatic carbocycles. The lowest BCUT2D eigenvalue weighted by Gasteiger charge is -2.26. The van der Waals surface area contributed by atoms with Gasteiger partial charge in [0.1, 0.15) is 0 Å². The zero-order valence-corrected chi connectivity index (χ0v) is 13.6. The minimum atomic E-state index is 0.954. The summed E-state index contributed by atoms with van der Waals surface area (Å²) in [4.78, 5) is 0. The van der Waals surface area contributed by atoms with Gasteiger partial charge in [-0.1, -0.05) is 34.1 Å². The molecule has 0 saturated heterocycles. The lowest BCUT2D eigenvalue weighted by Crippen LogP contribution is -2.16. The van der Waals surface area contributed by atoms with E-state index in [2.05, 4.69) is 27.7 Å². The van der Waals surface area contributed by atoms with E-state index in [1.165, 1.54) is 0 Å². The van der Waals surface area contributed by atoms with Crippen molar-refractivity contribution < 1.29 is 0 Å². The minimum absolute atomic E-state index is 0.954. The molecule has 0 nitrogen and oxygen atoms in total. The average Bonchev–Trinajstić information content (AvgIpc) is 3.07. The van der Waals surface area contributed by atoms with E-state index in [-0.39, 0.29) is 0 Å². The maximum Gasteiger partial charge on any atom is -0.0360 e. The van der Waals surface area contributed by atoms with E-state index in [9.17, 15) is 0 Å². The van der Waals surface area contributed by atoms with Crippen molar-refractivity contribution in [2.45, 2.75) is 72.6 Å². The Balaban J connectivity index is 0.000000117. The monoisotopic (exact) mass is 262 g/mol. The first-order valence-corrected chi connectivity index (χ1v) is 9.04. The second kappa shape index (κ2) is 5.41. The van der Waals surface area contributed by atoms with Crippen molar-refractivity contribution in [3.63, 3.8) is 0 Å². The van der Waals surface area contributed by atoms with Crippen LogP contribution in [0, 0.1) is 47.3 Å². The summed E-state index contributed by atoms with van der Waals surface area (Å²) in [6.07, 6.45) is 10.9. The molecule has 5 aliphatic carbocycles. The molecular formula is C19H34. The first kappa shape index (κ1) is 14.0. The maximum absolute atomic E-state index is 2.39. The highest BCUT2D eigenvalue weighted by atomic mass is 14.5. The molecule has 0 heterocycles. The molecule has 0 aromatic rings. The number of hydrogen-bond donors (Lipinski definition) is 0.